The summed E-state index contributed by atoms with van der Waals surface area (Å²) in [4.78, 5) is 18.5. The van der Waals surface area contributed by atoms with Gasteiger partial charge in [0.1, 0.15) is 11.3 Å². The van der Waals surface area contributed by atoms with E-state index in [4.69, 9.17) is 24.9 Å². The van der Waals surface area contributed by atoms with Crippen molar-refractivity contribution in [3.05, 3.63) is 24.2 Å². The minimum absolute atomic E-state index is 0. The van der Waals surface area contributed by atoms with E-state index in [1.807, 2.05) is 25.3 Å². The number of aromatic nitrogens is 3. The molecule has 3 N–H and O–H groups in total. The molecule has 3 heterocycles. The summed E-state index contributed by atoms with van der Waals surface area (Å²) in [5, 5.41) is 3.16. The highest BCUT2D eigenvalue weighted by molar-refractivity contribution is 14.0. The van der Waals surface area contributed by atoms with Gasteiger partial charge in [-0.15, -0.1) is 24.0 Å². The van der Waals surface area contributed by atoms with Crippen LogP contribution in [0.2, 0.25) is 0 Å². The van der Waals surface area contributed by atoms with Crippen LogP contribution in [-0.4, -0.2) is 110 Å². The van der Waals surface area contributed by atoms with Gasteiger partial charge < -0.3 is 29.8 Å². The number of ether oxygens (including phenoxy) is 3. The SMILES string of the molecule is CCOCCn1c(CN2CCN(CCNC(N)=NCC(OC)OC)CC2)nc2cccnc21.I. The Morgan fingerprint density at radius 1 is 1.18 bits per heavy atom. The van der Waals surface area contributed by atoms with Crippen molar-refractivity contribution in [2.24, 2.45) is 10.7 Å². The second kappa shape index (κ2) is 15.4. The molecule has 2 aromatic rings. The molecule has 1 aliphatic heterocycles. The maximum Gasteiger partial charge on any atom is 0.188 e. The molecular weight excluding hydrogens is 551 g/mol. The molecule has 0 aliphatic carbocycles. The van der Waals surface area contributed by atoms with Crippen molar-refractivity contribution in [1.29, 1.82) is 0 Å². The van der Waals surface area contributed by atoms with E-state index >= 15 is 0 Å². The Bertz CT molecular complexity index is 869. The van der Waals surface area contributed by atoms with Crippen molar-refractivity contribution < 1.29 is 14.2 Å². The van der Waals surface area contributed by atoms with Gasteiger partial charge in [0.2, 0.25) is 0 Å². The van der Waals surface area contributed by atoms with Crippen molar-refractivity contribution in [2.45, 2.75) is 26.3 Å². The number of fused-ring (bicyclic) bond motifs is 1. The molecule has 0 amide bonds. The average Bonchev–Trinajstić information content (AvgIpc) is 3.18. The first-order chi connectivity index (χ1) is 16.1. The number of imidazole rings is 1. The van der Waals surface area contributed by atoms with Gasteiger partial charge in [-0.05, 0) is 19.1 Å². The largest absolute Gasteiger partial charge is 0.380 e. The zero-order chi connectivity index (χ0) is 23.5. The fourth-order valence-corrected chi connectivity index (χ4v) is 3.85. The fourth-order valence-electron chi connectivity index (χ4n) is 3.85. The molecule has 0 saturated carbocycles. The molecule has 0 unspecified atom stereocenters. The number of piperazine rings is 1. The predicted octanol–water partition coefficient (Wildman–Crippen LogP) is 0.727. The number of rotatable bonds is 13. The molecule has 0 aromatic carbocycles. The normalized spacial score (nSPS) is 15.7. The van der Waals surface area contributed by atoms with Crippen molar-refractivity contribution in [1.82, 2.24) is 29.7 Å². The molecular formula is C22H39IN8O3. The van der Waals surface area contributed by atoms with Gasteiger partial charge in [0.25, 0.3) is 0 Å². The number of hydrogen-bond donors (Lipinski definition) is 2. The van der Waals surface area contributed by atoms with E-state index in [0.29, 0.717) is 25.7 Å². The monoisotopic (exact) mass is 590 g/mol. The number of guanidine groups is 1. The molecule has 1 fully saturated rings. The van der Waals surface area contributed by atoms with Crippen LogP contribution < -0.4 is 11.1 Å². The molecule has 0 atom stereocenters. The van der Waals surface area contributed by atoms with Crippen LogP contribution in [0.25, 0.3) is 11.2 Å². The minimum Gasteiger partial charge on any atom is -0.380 e. The topological polar surface area (TPSA) is 115 Å². The van der Waals surface area contributed by atoms with Crippen LogP contribution in [0.3, 0.4) is 0 Å². The van der Waals surface area contributed by atoms with Gasteiger partial charge in [-0.3, -0.25) is 9.80 Å². The lowest BCUT2D eigenvalue weighted by Gasteiger charge is -2.34. The van der Waals surface area contributed by atoms with E-state index in [0.717, 1.165) is 69.3 Å². The highest BCUT2D eigenvalue weighted by Crippen LogP contribution is 2.16. The number of aliphatic imine (C=N–C) groups is 1. The van der Waals surface area contributed by atoms with E-state index in [-0.39, 0.29) is 30.3 Å². The third kappa shape index (κ3) is 8.57. The zero-order valence-electron chi connectivity index (χ0n) is 20.5. The summed E-state index contributed by atoms with van der Waals surface area (Å²) in [5.41, 5.74) is 7.79. The van der Waals surface area contributed by atoms with Crippen LogP contribution in [0, 0.1) is 0 Å². The fraction of sp³-hybridized carbons (Fsp3) is 0.682. The summed E-state index contributed by atoms with van der Waals surface area (Å²) in [5.74, 6) is 1.46. The first kappa shape index (κ1) is 28.7. The minimum atomic E-state index is -0.374. The predicted molar refractivity (Wildman–Crippen MR) is 143 cm³/mol. The van der Waals surface area contributed by atoms with Crippen LogP contribution in [0.15, 0.2) is 23.3 Å². The maximum absolute atomic E-state index is 5.92. The van der Waals surface area contributed by atoms with Gasteiger partial charge >= 0.3 is 0 Å². The van der Waals surface area contributed by atoms with Gasteiger partial charge in [-0.2, -0.15) is 0 Å². The number of nitrogens with two attached hydrogens (primary N) is 1. The number of halogens is 1. The van der Waals surface area contributed by atoms with Crippen molar-refractivity contribution >= 4 is 41.1 Å². The molecule has 192 valence electrons. The van der Waals surface area contributed by atoms with Crippen LogP contribution in [-0.2, 0) is 27.3 Å². The van der Waals surface area contributed by atoms with Crippen molar-refractivity contribution in [3.8, 4) is 0 Å². The smallest absolute Gasteiger partial charge is 0.188 e. The van der Waals surface area contributed by atoms with Crippen molar-refractivity contribution in [2.75, 3.05) is 73.2 Å². The molecule has 12 heteroatoms. The molecule has 2 aromatic heterocycles. The second-order valence-corrected chi connectivity index (χ2v) is 7.89. The molecule has 1 aliphatic rings. The quantitative estimate of drug-likeness (QED) is 0.115. The zero-order valence-corrected chi connectivity index (χ0v) is 22.8. The molecule has 1 saturated heterocycles. The molecule has 0 radical (unpaired) electrons. The molecule has 3 rings (SSSR count). The van der Waals surface area contributed by atoms with E-state index in [9.17, 15) is 0 Å². The summed E-state index contributed by atoms with van der Waals surface area (Å²) in [6.45, 7) is 11.0. The number of nitrogens with one attached hydrogen (secondary N) is 1. The highest BCUT2D eigenvalue weighted by Gasteiger charge is 2.20. The van der Waals surface area contributed by atoms with Gasteiger partial charge in [0, 0.05) is 72.8 Å². The lowest BCUT2D eigenvalue weighted by atomic mass is 10.3. The first-order valence-corrected chi connectivity index (χ1v) is 11.6. The number of methoxy groups -OCH3 is 2. The van der Waals surface area contributed by atoms with E-state index in [2.05, 4.69) is 29.7 Å². The van der Waals surface area contributed by atoms with E-state index < -0.39 is 0 Å². The summed E-state index contributed by atoms with van der Waals surface area (Å²) in [6.07, 6.45) is 1.45. The van der Waals surface area contributed by atoms with Crippen LogP contribution in [0.5, 0.6) is 0 Å². The van der Waals surface area contributed by atoms with Gasteiger partial charge in [-0.25, -0.2) is 15.0 Å². The third-order valence-corrected chi connectivity index (χ3v) is 5.75. The van der Waals surface area contributed by atoms with Gasteiger partial charge in [0.05, 0.1) is 19.7 Å². The summed E-state index contributed by atoms with van der Waals surface area (Å²) in [6, 6.07) is 3.96. The second-order valence-electron chi connectivity index (χ2n) is 7.89. The Morgan fingerprint density at radius 2 is 1.91 bits per heavy atom. The molecule has 34 heavy (non-hydrogen) atoms. The lowest BCUT2D eigenvalue weighted by Crippen LogP contribution is -2.48. The van der Waals surface area contributed by atoms with Gasteiger partial charge in [0.15, 0.2) is 17.9 Å². The summed E-state index contributed by atoms with van der Waals surface area (Å²) in [7, 11) is 3.17. The number of nitrogens with zero attached hydrogens (tertiary/aromatic N) is 6. The number of pyridine rings is 1. The molecule has 11 nitrogen and oxygen atoms in total. The van der Waals surface area contributed by atoms with Crippen LogP contribution >= 0.6 is 24.0 Å². The lowest BCUT2D eigenvalue weighted by molar-refractivity contribution is -0.0937. The standard InChI is InChI=1S/C22H38N8O3.HI/c1-4-33-15-14-30-19(27-18-6-5-7-24-21(18)30)17-29-12-10-28(11-13-29)9-8-25-22(23)26-16-20(31-2)32-3;/h5-7,20H,4,8-17H2,1-3H3,(H3,23,25,26);1H. The highest BCUT2D eigenvalue weighted by atomic mass is 127. The Balaban J connectivity index is 0.00000408. The van der Waals surface area contributed by atoms with Crippen LogP contribution in [0.4, 0.5) is 0 Å². The Morgan fingerprint density at radius 3 is 2.62 bits per heavy atom. The van der Waals surface area contributed by atoms with Gasteiger partial charge in [-0.1, -0.05) is 0 Å². The summed E-state index contributed by atoms with van der Waals surface area (Å²) < 4.78 is 18.0. The first-order valence-electron chi connectivity index (χ1n) is 11.6. The Hall–Kier alpha value is -1.58. The van der Waals surface area contributed by atoms with E-state index in [1.165, 1.54) is 0 Å². The van der Waals surface area contributed by atoms with Crippen LogP contribution in [0.1, 0.15) is 12.7 Å². The average molecular weight is 591 g/mol. The number of hydrogen-bond acceptors (Lipinski definition) is 8. The molecule has 0 spiro atoms. The van der Waals surface area contributed by atoms with Crippen molar-refractivity contribution in [3.63, 3.8) is 0 Å². The Labute approximate surface area is 219 Å². The summed E-state index contributed by atoms with van der Waals surface area (Å²) >= 11 is 0. The molecule has 0 bridgehead atoms. The maximum atomic E-state index is 5.92. The third-order valence-electron chi connectivity index (χ3n) is 5.75. The Kier molecular flexibility index (Phi) is 13.0. The van der Waals surface area contributed by atoms with E-state index in [1.54, 1.807) is 14.2 Å².